The van der Waals surface area contributed by atoms with E-state index in [1.807, 2.05) is 0 Å². The van der Waals surface area contributed by atoms with E-state index in [1.54, 1.807) is 0 Å². The van der Waals surface area contributed by atoms with Crippen LogP contribution in [0.15, 0.2) is 0 Å². The zero-order valence-corrected chi connectivity index (χ0v) is 9.11. The normalized spacial score (nSPS) is 25.3. The number of nitrogens with two attached hydrogens (primary N) is 1. The highest BCUT2D eigenvalue weighted by atomic mass is 16.3. The molecule has 2 aliphatic heterocycles. The summed E-state index contributed by atoms with van der Waals surface area (Å²) in [7, 11) is 0. The largest absolute Gasteiger partial charge is 0.394 e. The van der Waals surface area contributed by atoms with Gasteiger partial charge in [-0.15, -0.1) is 0 Å². The lowest BCUT2D eigenvalue weighted by Crippen LogP contribution is -2.69. The Balaban J connectivity index is 2.03. The number of piperidine rings is 1. The van der Waals surface area contributed by atoms with Gasteiger partial charge in [0.25, 0.3) is 0 Å². The third-order valence-electron chi connectivity index (χ3n) is 3.63. The fourth-order valence-electron chi connectivity index (χ4n) is 2.55. The predicted molar refractivity (Wildman–Crippen MR) is 56.3 cm³/mol. The molecular formula is C10H17N3O3. The van der Waals surface area contributed by atoms with Gasteiger partial charge in [-0.3, -0.25) is 9.59 Å². The number of primary amides is 1. The molecule has 0 saturated carbocycles. The summed E-state index contributed by atoms with van der Waals surface area (Å²) in [5.74, 6) is -0.675. The van der Waals surface area contributed by atoms with Gasteiger partial charge >= 0.3 is 0 Å². The van der Waals surface area contributed by atoms with Crippen LogP contribution in [0.3, 0.4) is 0 Å². The molecule has 6 nitrogen and oxygen atoms in total. The van der Waals surface area contributed by atoms with Crippen molar-refractivity contribution in [2.45, 2.75) is 18.9 Å². The molecule has 4 N–H and O–H groups in total. The first kappa shape index (κ1) is 11.3. The number of aliphatic hydroxyl groups excluding tert-OH is 1. The quantitative estimate of drug-likeness (QED) is 0.488. The standard InChI is InChI=1S/C10H17N3O3/c11-8(15)7(5-14)13-6-10(9(13)16)1-3-12-4-2-10/h7,12,14H,1-6H2,(H2,11,15)/t7-/m0/s1. The number of nitrogens with one attached hydrogen (secondary N) is 1. The Hall–Kier alpha value is -1.14. The molecule has 0 aromatic heterocycles. The van der Waals surface area contributed by atoms with Crippen LogP contribution in [0.2, 0.25) is 0 Å². The van der Waals surface area contributed by atoms with E-state index in [1.165, 1.54) is 4.90 Å². The van der Waals surface area contributed by atoms with Gasteiger partial charge in [-0.05, 0) is 25.9 Å². The maximum Gasteiger partial charge on any atom is 0.242 e. The van der Waals surface area contributed by atoms with Crippen molar-refractivity contribution in [1.29, 1.82) is 0 Å². The lowest BCUT2D eigenvalue weighted by Gasteiger charge is -2.52. The fraction of sp³-hybridized carbons (Fsp3) is 0.800. The highest BCUT2D eigenvalue weighted by Gasteiger charge is 2.54. The molecule has 0 aliphatic carbocycles. The monoisotopic (exact) mass is 227 g/mol. The molecule has 1 spiro atoms. The van der Waals surface area contributed by atoms with Crippen molar-refractivity contribution in [1.82, 2.24) is 10.2 Å². The van der Waals surface area contributed by atoms with E-state index in [2.05, 4.69) is 5.32 Å². The molecule has 0 aromatic rings. The summed E-state index contributed by atoms with van der Waals surface area (Å²) in [5.41, 5.74) is 4.84. The van der Waals surface area contributed by atoms with Gasteiger partial charge in [-0.1, -0.05) is 0 Å². The van der Waals surface area contributed by atoms with Crippen LogP contribution in [-0.2, 0) is 9.59 Å². The minimum absolute atomic E-state index is 0.0353. The van der Waals surface area contributed by atoms with Gasteiger partial charge in [-0.2, -0.15) is 0 Å². The number of likely N-dealkylation sites (tertiary alicyclic amines) is 1. The van der Waals surface area contributed by atoms with Crippen LogP contribution in [0.1, 0.15) is 12.8 Å². The Morgan fingerprint density at radius 2 is 2.19 bits per heavy atom. The molecule has 90 valence electrons. The van der Waals surface area contributed by atoms with Crippen molar-refractivity contribution in [3.05, 3.63) is 0 Å². The predicted octanol–water partition coefficient (Wildman–Crippen LogP) is -1.96. The molecule has 6 heteroatoms. The van der Waals surface area contributed by atoms with E-state index in [0.717, 1.165) is 25.9 Å². The second kappa shape index (κ2) is 4.03. The van der Waals surface area contributed by atoms with Crippen molar-refractivity contribution in [2.24, 2.45) is 11.1 Å². The third kappa shape index (κ3) is 1.58. The molecular weight excluding hydrogens is 210 g/mol. The maximum atomic E-state index is 12.0. The zero-order chi connectivity index (χ0) is 11.8. The van der Waals surface area contributed by atoms with E-state index < -0.39 is 18.6 Å². The highest BCUT2D eigenvalue weighted by molar-refractivity contribution is 5.94. The van der Waals surface area contributed by atoms with Crippen LogP contribution in [0, 0.1) is 5.41 Å². The van der Waals surface area contributed by atoms with Gasteiger partial charge < -0.3 is 21.1 Å². The van der Waals surface area contributed by atoms with Crippen molar-refractivity contribution in [3.63, 3.8) is 0 Å². The summed E-state index contributed by atoms with van der Waals surface area (Å²) in [4.78, 5) is 24.5. The fourth-order valence-corrected chi connectivity index (χ4v) is 2.55. The van der Waals surface area contributed by atoms with E-state index in [0.29, 0.717) is 6.54 Å². The molecule has 2 aliphatic rings. The average molecular weight is 227 g/mol. The van der Waals surface area contributed by atoms with Crippen LogP contribution in [-0.4, -0.2) is 54.1 Å². The topological polar surface area (TPSA) is 95.7 Å². The summed E-state index contributed by atoms with van der Waals surface area (Å²) in [5, 5.41) is 12.2. The van der Waals surface area contributed by atoms with Gasteiger partial charge in [0.1, 0.15) is 6.04 Å². The molecule has 2 rings (SSSR count). The lowest BCUT2D eigenvalue weighted by molar-refractivity contribution is -0.171. The van der Waals surface area contributed by atoms with E-state index >= 15 is 0 Å². The summed E-state index contributed by atoms with van der Waals surface area (Å²) in [6.45, 7) is 1.82. The van der Waals surface area contributed by atoms with Crippen LogP contribution >= 0.6 is 0 Å². The molecule has 2 fully saturated rings. The van der Waals surface area contributed by atoms with Crippen molar-refractivity contribution < 1.29 is 14.7 Å². The molecule has 0 bridgehead atoms. The Bertz CT molecular complexity index is 312. The van der Waals surface area contributed by atoms with Crippen LogP contribution in [0.4, 0.5) is 0 Å². The van der Waals surface area contributed by atoms with Crippen molar-refractivity contribution in [2.75, 3.05) is 26.2 Å². The van der Waals surface area contributed by atoms with Gasteiger partial charge in [0.15, 0.2) is 0 Å². The van der Waals surface area contributed by atoms with Crippen molar-refractivity contribution >= 4 is 11.8 Å². The SMILES string of the molecule is NC(=O)[C@H](CO)N1CC2(CCNCC2)C1=O. The summed E-state index contributed by atoms with van der Waals surface area (Å²) < 4.78 is 0. The number of aliphatic hydroxyl groups is 1. The van der Waals surface area contributed by atoms with Crippen LogP contribution < -0.4 is 11.1 Å². The Labute approximate surface area is 93.8 Å². The third-order valence-corrected chi connectivity index (χ3v) is 3.63. The molecule has 2 saturated heterocycles. The van der Waals surface area contributed by atoms with Crippen LogP contribution in [0.25, 0.3) is 0 Å². The van der Waals surface area contributed by atoms with Gasteiger partial charge in [-0.25, -0.2) is 0 Å². The van der Waals surface area contributed by atoms with Crippen LogP contribution in [0.5, 0.6) is 0 Å². The summed E-state index contributed by atoms with van der Waals surface area (Å²) in [6.07, 6.45) is 1.61. The first-order chi connectivity index (χ1) is 7.60. The molecule has 0 radical (unpaired) electrons. The molecule has 2 heterocycles. The molecule has 16 heavy (non-hydrogen) atoms. The first-order valence-electron chi connectivity index (χ1n) is 5.53. The number of rotatable bonds is 3. The molecule has 2 amide bonds. The second-order valence-electron chi connectivity index (χ2n) is 4.56. The summed E-state index contributed by atoms with van der Waals surface area (Å²) in [6, 6.07) is -0.854. The number of nitrogens with zero attached hydrogens (tertiary/aromatic N) is 1. The number of amides is 2. The van der Waals surface area contributed by atoms with E-state index in [-0.39, 0.29) is 11.3 Å². The zero-order valence-electron chi connectivity index (χ0n) is 9.11. The van der Waals surface area contributed by atoms with E-state index in [4.69, 9.17) is 10.8 Å². The smallest absolute Gasteiger partial charge is 0.242 e. The second-order valence-corrected chi connectivity index (χ2v) is 4.56. The van der Waals surface area contributed by atoms with Gasteiger partial charge in [0, 0.05) is 6.54 Å². The number of β-lactam (4-membered cyclic amide) rings is 1. The highest BCUT2D eigenvalue weighted by Crippen LogP contribution is 2.40. The Morgan fingerprint density at radius 3 is 2.62 bits per heavy atom. The molecule has 0 aromatic carbocycles. The number of carbonyl (C=O) groups is 2. The van der Waals surface area contributed by atoms with Crippen molar-refractivity contribution in [3.8, 4) is 0 Å². The average Bonchev–Trinajstić information content (AvgIpc) is 2.29. The Kier molecular flexibility index (Phi) is 2.86. The first-order valence-corrected chi connectivity index (χ1v) is 5.53. The minimum atomic E-state index is -0.854. The number of hydrogen-bond donors (Lipinski definition) is 3. The number of carbonyl (C=O) groups excluding carboxylic acids is 2. The van der Waals surface area contributed by atoms with E-state index in [9.17, 15) is 9.59 Å². The Morgan fingerprint density at radius 1 is 1.56 bits per heavy atom. The maximum absolute atomic E-state index is 12.0. The van der Waals surface area contributed by atoms with Gasteiger partial charge in [0.05, 0.1) is 12.0 Å². The molecule has 1 atom stereocenters. The minimum Gasteiger partial charge on any atom is -0.394 e. The lowest BCUT2D eigenvalue weighted by atomic mass is 9.71. The molecule has 0 unspecified atom stereocenters. The van der Waals surface area contributed by atoms with Gasteiger partial charge in [0.2, 0.25) is 11.8 Å². The summed E-state index contributed by atoms with van der Waals surface area (Å²) >= 11 is 0. The number of hydrogen-bond acceptors (Lipinski definition) is 4.